The summed E-state index contributed by atoms with van der Waals surface area (Å²) in [5.41, 5.74) is 4.92. The lowest BCUT2D eigenvalue weighted by molar-refractivity contribution is 0.410. The van der Waals surface area contributed by atoms with Gasteiger partial charge in [-0.1, -0.05) is 6.07 Å². The fourth-order valence-electron chi connectivity index (χ4n) is 3.51. The van der Waals surface area contributed by atoms with E-state index in [1.165, 1.54) is 21.6 Å². The van der Waals surface area contributed by atoms with Crippen LogP contribution in [0.3, 0.4) is 0 Å². The predicted molar refractivity (Wildman–Crippen MR) is 104 cm³/mol. The summed E-state index contributed by atoms with van der Waals surface area (Å²) in [5.74, 6) is 2.00. The minimum Gasteiger partial charge on any atom is -0.496 e. The molecule has 0 bridgehead atoms. The fourth-order valence-corrected chi connectivity index (χ4v) is 3.95. The van der Waals surface area contributed by atoms with Crippen molar-refractivity contribution in [3.8, 4) is 5.75 Å². The molecule has 1 aliphatic rings. The number of hydrogen-bond donors (Lipinski definition) is 0. The van der Waals surface area contributed by atoms with Gasteiger partial charge in [-0.2, -0.15) is 0 Å². The first kappa shape index (κ1) is 16.2. The molecular formula is C20H21N3OS. The molecule has 0 radical (unpaired) electrons. The molecule has 0 unspecified atom stereocenters. The Labute approximate surface area is 152 Å². The third-order valence-corrected chi connectivity index (χ3v) is 5.58. The average molecular weight is 351 g/mol. The Morgan fingerprint density at radius 2 is 2.00 bits per heavy atom. The molecule has 0 amide bonds. The van der Waals surface area contributed by atoms with Crippen molar-refractivity contribution < 1.29 is 4.74 Å². The summed E-state index contributed by atoms with van der Waals surface area (Å²) in [6, 6.07) is 10.8. The SMILES string of the molecule is COc1cc2c(cc1C)CN(c1ncnc3ccc(SC)cc13)CC2. The molecule has 1 aromatic heterocycles. The van der Waals surface area contributed by atoms with Gasteiger partial charge >= 0.3 is 0 Å². The van der Waals surface area contributed by atoms with E-state index in [4.69, 9.17) is 4.74 Å². The summed E-state index contributed by atoms with van der Waals surface area (Å²) in [4.78, 5) is 12.6. The Kier molecular flexibility index (Phi) is 4.25. The number of hydrogen-bond acceptors (Lipinski definition) is 5. The number of thioether (sulfide) groups is 1. The zero-order valence-corrected chi connectivity index (χ0v) is 15.6. The number of aromatic nitrogens is 2. The molecular weight excluding hydrogens is 330 g/mol. The molecule has 0 saturated carbocycles. The maximum atomic E-state index is 5.47. The minimum atomic E-state index is 0.871. The van der Waals surface area contributed by atoms with Gasteiger partial charge in [-0.25, -0.2) is 9.97 Å². The normalized spacial score (nSPS) is 13.8. The average Bonchev–Trinajstić information content (AvgIpc) is 2.66. The quantitative estimate of drug-likeness (QED) is 0.660. The second kappa shape index (κ2) is 6.56. The van der Waals surface area contributed by atoms with Gasteiger partial charge in [-0.05, 0) is 60.6 Å². The highest BCUT2D eigenvalue weighted by Gasteiger charge is 2.21. The van der Waals surface area contributed by atoms with Gasteiger partial charge in [0.15, 0.2) is 0 Å². The van der Waals surface area contributed by atoms with Gasteiger partial charge in [-0.15, -0.1) is 11.8 Å². The third kappa shape index (κ3) is 2.93. The Hall–Kier alpha value is -2.27. The van der Waals surface area contributed by atoms with E-state index in [0.717, 1.165) is 42.0 Å². The molecule has 3 aromatic rings. The predicted octanol–water partition coefficient (Wildman–Crippen LogP) is 4.23. The number of benzene rings is 2. The molecule has 4 rings (SSSR count). The van der Waals surface area contributed by atoms with Gasteiger partial charge in [0.05, 0.1) is 12.6 Å². The van der Waals surface area contributed by atoms with Crippen molar-refractivity contribution in [3.63, 3.8) is 0 Å². The van der Waals surface area contributed by atoms with Crippen LogP contribution in [0.1, 0.15) is 16.7 Å². The molecule has 0 spiro atoms. The second-order valence-electron chi connectivity index (χ2n) is 6.34. The van der Waals surface area contributed by atoms with Crippen LogP contribution in [-0.4, -0.2) is 29.9 Å². The first-order valence-electron chi connectivity index (χ1n) is 8.39. The van der Waals surface area contributed by atoms with Crippen molar-refractivity contribution >= 4 is 28.5 Å². The highest BCUT2D eigenvalue weighted by atomic mass is 32.2. The Morgan fingerprint density at radius 3 is 2.80 bits per heavy atom. The first-order chi connectivity index (χ1) is 12.2. The Balaban J connectivity index is 1.74. The molecule has 1 aliphatic heterocycles. The van der Waals surface area contributed by atoms with Crippen LogP contribution in [0.15, 0.2) is 41.6 Å². The highest BCUT2D eigenvalue weighted by Crippen LogP contribution is 2.32. The van der Waals surface area contributed by atoms with Gasteiger partial charge in [0.25, 0.3) is 0 Å². The van der Waals surface area contributed by atoms with E-state index < -0.39 is 0 Å². The fraction of sp³-hybridized carbons (Fsp3) is 0.300. The molecule has 2 heterocycles. The van der Waals surface area contributed by atoms with Crippen LogP contribution in [0, 0.1) is 6.92 Å². The molecule has 2 aromatic carbocycles. The molecule has 0 atom stereocenters. The summed E-state index contributed by atoms with van der Waals surface area (Å²) >= 11 is 1.75. The van der Waals surface area contributed by atoms with Gasteiger partial charge in [0, 0.05) is 23.4 Å². The summed E-state index contributed by atoms with van der Waals surface area (Å²) in [6.07, 6.45) is 4.77. The van der Waals surface area contributed by atoms with E-state index in [1.807, 2.05) is 0 Å². The van der Waals surface area contributed by atoms with Crippen LogP contribution < -0.4 is 9.64 Å². The van der Waals surface area contributed by atoms with Gasteiger partial charge in [0.2, 0.25) is 0 Å². The molecule has 0 saturated heterocycles. The zero-order chi connectivity index (χ0) is 17.4. The van der Waals surface area contributed by atoms with Gasteiger partial charge in [-0.3, -0.25) is 0 Å². The maximum Gasteiger partial charge on any atom is 0.140 e. The molecule has 128 valence electrons. The summed E-state index contributed by atoms with van der Waals surface area (Å²) in [6.45, 7) is 3.92. The summed E-state index contributed by atoms with van der Waals surface area (Å²) in [5, 5.41) is 1.13. The lowest BCUT2D eigenvalue weighted by atomic mass is 9.96. The van der Waals surface area contributed by atoms with Crippen LogP contribution in [0.2, 0.25) is 0 Å². The standard InChI is InChI=1S/C20H21N3OS/c1-13-8-15-11-23(7-6-14(15)9-19(13)24-2)20-17-10-16(25-3)4-5-18(17)21-12-22-20/h4-5,8-10,12H,6-7,11H2,1-3H3. The van der Waals surface area contributed by atoms with Gasteiger partial charge in [0.1, 0.15) is 17.9 Å². The van der Waals surface area contributed by atoms with Crippen molar-refractivity contribution in [1.29, 1.82) is 0 Å². The number of aryl methyl sites for hydroxylation is 1. The van der Waals surface area contributed by atoms with E-state index >= 15 is 0 Å². The van der Waals surface area contributed by atoms with Crippen LogP contribution in [0.4, 0.5) is 5.82 Å². The van der Waals surface area contributed by atoms with Crippen molar-refractivity contribution in [1.82, 2.24) is 9.97 Å². The monoisotopic (exact) mass is 351 g/mol. The number of anilines is 1. The van der Waals surface area contributed by atoms with Crippen LogP contribution >= 0.6 is 11.8 Å². The lowest BCUT2D eigenvalue weighted by Crippen LogP contribution is -2.31. The largest absolute Gasteiger partial charge is 0.496 e. The number of nitrogens with zero attached hydrogens (tertiary/aromatic N) is 3. The Bertz CT molecular complexity index is 942. The second-order valence-corrected chi connectivity index (χ2v) is 7.22. The first-order valence-corrected chi connectivity index (χ1v) is 9.62. The number of rotatable bonds is 3. The highest BCUT2D eigenvalue weighted by molar-refractivity contribution is 7.98. The minimum absolute atomic E-state index is 0.871. The third-order valence-electron chi connectivity index (χ3n) is 4.85. The number of fused-ring (bicyclic) bond motifs is 2. The number of ether oxygens (including phenoxy) is 1. The lowest BCUT2D eigenvalue weighted by Gasteiger charge is -2.31. The van der Waals surface area contributed by atoms with E-state index in [-0.39, 0.29) is 0 Å². The van der Waals surface area contributed by atoms with E-state index in [1.54, 1.807) is 25.2 Å². The topological polar surface area (TPSA) is 38.2 Å². The maximum absolute atomic E-state index is 5.47. The number of methoxy groups -OCH3 is 1. The molecule has 25 heavy (non-hydrogen) atoms. The molecule has 0 N–H and O–H groups in total. The van der Waals surface area contributed by atoms with Crippen LogP contribution in [-0.2, 0) is 13.0 Å². The summed E-state index contributed by atoms with van der Waals surface area (Å²) < 4.78 is 5.47. The van der Waals surface area contributed by atoms with Crippen molar-refractivity contribution in [3.05, 3.63) is 53.3 Å². The van der Waals surface area contributed by atoms with E-state index in [9.17, 15) is 0 Å². The molecule has 5 heteroatoms. The smallest absolute Gasteiger partial charge is 0.140 e. The van der Waals surface area contributed by atoms with Crippen LogP contribution in [0.5, 0.6) is 5.75 Å². The molecule has 4 nitrogen and oxygen atoms in total. The van der Waals surface area contributed by atoms with E-state index in [0.29, 0.717) is 0 Å². The van der Waals surface area contributed by atoms with E-state index in [2.05, 4.69) is 58.4 Å². The van der Waals surface area contributed by atoms with Crippen molar-refractivity contribution in [2.75, 3.05) is 24.8 Å². The van der Waals surface area contributed by atoms with Crippen molar-refractivity contribution in [2.24, 2.45) is 0 Å². The molecule has 0 aliphatic carbocycles. The summed E-state index contributed by atoms with van der Waals surface area (Å²) in [7, 11) is 1.74. The Morgan fingerprint density at radius 1 is 1.12 bits per heavy atom. The van der Waals surface area contributed by atoms with Gasteiger partial charge < -0.3 is 9.64 Å². The molecule has 0 fully saturated rings. The zero-order valence-electron chi connectivity index (χ0n) is 14.7. The van der Waals surface area contributed by atoms with Crippen molar-refractivity contribution in [2.45, 2.75) is 24.8 Å². The van der Waals surface area contributed by atoms with Crippen LogP contribution in [0.25, 0.3) is 10.9 Å².